The van der Waals surface area contributed by atoms with Gasteiger partial charge in [-0.05, 0) is 43.5 Å². The predicted octanol–water partition coefficient (Wildman–Crippen LogP) is 3.58. The molecule has 0 spiro atoms. The molecule has 19 heavy (non-hydrogen) atoms. The number of nitrogens with two attached hydrogens (primary N) is 1. The fourth-order valence-electron chi connectivity index (χ4n) is 2.49. The zero-order valence-corrected chi connectivity index (χ0v) is 12.7. The van der Waals surface area contributed by atoms with Crippen molar-refractivity contribution in [3.8, 4) is 0 Å². The maximum atomic E-state index is 6.19. The zero-order valence-electron chi connectivity index (χ0n) is 11.8. The molecule has 1 aromatic heterocycles. The first kappa shape index (κ1) is 14.3. The van der Waals surface area contributed by atoms with Gasteiger partial charge in [0.1, 0.15) is 0 Å². The number of benzene rings is 1. The van der Waals surface area contributed by atoms with E-state index in [1.54, 1.807) is 11.3 Å². The Hall–Kier alpha value is -1.16. The normalized spacial score (nSPS) is 14.6. The third kappa shape index (κ3) is 3.44. The quantitative estimate of drug-likeness (QED) is 0.903. The van der Waals surface area contributed by atoms with Crippen molar-refractivity contribution < 1.29 is 0 Å². The molecule has 3 heteroatoms. The lowest BCUT2D eigenvalue weighted by Gasteiger charge is -2.30. The molecule has 0 aliphatic heterocycles. The van der Waals surface area contributed by atoms with Crippen molar-refractivity contribution in [1.29, 1.82) is 0 Å². The van der Waals surface area contributed by atoms with Crippen molar-refractivity contribution in [1.82, 2.24) is 4.90 Å². The monoisotopic (exact) mass is 274 g/mol. The highest BCUT2D eigenvalue weighted by Crippen LogP contribution is 2.28. The Labute approximate surface area is 119 Å². The van der Waals surface area contributed by atoms with E-state index < -0.39 is 0 Å². The predicted molar refractivity (Wildman–Crippen MR) is 83.4 cm³/mol. The van der Waals surface area contributed by atoms with E-state index in [4.69, 9.17) is 5.73 Å². The Kier molecular flexibility index (Phi) is 4.75. The van der Waals surface area contributed by atoms with Crippen LogP contribution >= 0.6 is 11.3 Å². The zero-order chi connectivity index (χ0) is 13.8. The molecule has 0 fully saturated rings. The van der Waals surface area contributed by atoms with Crippen molar-refractivity contribution >= 4 is 11.3 Å². The van der Waals surface area contributed by atoms with E-state index in [1.165, 1.54) is 16.0 Å². The molecule has 2 unspecified atom stereocenters. The van der Waals surface area contributed by atoms with Crippen LogP contribution in [0.1, 0.15) is 29.0 Å². The Morgan fingerprint density at radius 2 is 1.95 bits per heavy atom. The van der Waals surface area contributed by atoms with Crippen molar-refractivity contribution in [2.45, 2.75) is 32.5 Å². The van der Waals surface area contributed by atoms with Gasteiger partial charge in [0, 0.05) is 17.5 Å². The van der Waals surface area contributed by atoms with Crippen LogP contribution in [0.25, 0.3) is 0 Å². The summed E-state index contributed by atoms with van der Waals surface area (Å²) in [6, 6.07) is 13.2. The van der Waals surface area contributed by atoms with Crippen LogP contribution in [-0.4, -0.2) is 18.0 Å². The Bertz CT molecular complexity index is 505. The molecule has 0 radical (unpaired) electrons. The molecule has 2 N–H and O–H groups in total. The van der Waals surface area contributed by atoms with E-state index in [-0.39, 0.29) is 12.1 Å². The van der Waals surface area contributed by atoms with E-state index in [0.717, 1.165) is 6.54 Å². The van der Waals surface area contributed by atoms with Gasteiger partial charge in [0.2, 0.25) is 0 Å². The van der Waals surface area contributed by atoms with Gasteiger partial charge in [0.25, 0.3) is 0 Å². The van der Waals surface area contributed by atoms with Gasteiger partial charge in [0.05, 0.1) is 6.04 Å². The van der Waals surface area contributed by atoms with Crippen molar-refractivity contribution in [2.24, 2.45) is 5.73 Å². The number of rotatable bonds is 5. The molecule has 2 aromatic rings. The maximum absolute atomic E-state index is 6.19. The molecule has 0 amide bonds. The molecule has 2 atom stereocenters. The van der Waals surface area contributed by atoms with Crippen molar-refractivity contribution in [2.75, 3.05) is 7.05 Å². The Morgan fingerprint density at radius 1 is 1.21 bits per heavy atom. The van der Waals surface area contributed by atoms with Gasteiger partial charge < -0.3 is 5.73 Å². The van der Waals surface area contributed by atoms with Crippen LogP contribution in [0.5, 0.6) is 0 Å². The van der Waals surface area contributed by atoms with Crippen molar-refractivity contribution in [3.05, 3.63) is 57.8 Å². The second kappa shape index (κ2) is 6.33. The Morgan fingerprint density at radius 3 is 2.53 bits per heavy atom. The lowest BCUT2D eigenvalue weighted by molar-refractivity contribution is 0.214. The van der Waals surface area contributed by atoms with Gasteiger partial charge in [-0.3, -0.25) is 4.90 Å². The molecule has 0 aliphatic carbocycles. The average molecular weight is 274 g/mol. The van der Waals surface area contributed by atoms with E-state index in [2.05, 4.69) is 67.6 Å². The second-order valence-corrected chi connectivity index (χ2v) is 6.14. The van der Waals surface area contributed by atoms with Gasteiger partial charge in [-0.1, -0.05) is 30.3 Å². The number of likely N-dealkylation sites (N-methyl/N-ethyl adjacent to an activating group) is 1. The topological polar surface area (TPSA) is 29.3 Å². The molecule has 0 saturated carbocycles. The summed E-state index contributed by atoms with van der Waals surface area (Å²) in [4.78, 5) is 3.69. The summed E-state index contributed by atoms with van der Waals surface area (Å²) in [5.41, 5.74) is 8.89. The van der Waals surface area contributed by atoms with E-state index in [1.807, 2.05) is 0 Å². The summed E-state index contributed by atoms with van der Waals surface area (Å²) < 4.78 is 0. The number of aryl methyl sites for hydroxylation is 1. The highest BCUT2D eigenvalue weighted by Gasteiger charge is 2.22. The lowest BCUT2D eigenvalue weighted by atomic mass is 10.0. The highest BCUT2D eigenvalue weighted by molar-refractivity contribution is 7.10. The first-order chi connectivity index (χ1) is 9.09. The van der Waals surface area contributed by atoms with Gasteiger partial charge in [-0.15, -0.1) is 11.3 Å². The van der Waals surface area contributed by atoms with Crippen LogP contribution in [0.4, 0.5) is 0 Å². The molecule has 0 aliphatic rings. The summed E-state index contributed by atoms with van der Waals surface area (Å²) in [6.07, 6.45) is 0. The van der Waals surface area contributed by atoms with Gasteiger partial charge in [0.15, 0.2) is 0 Å². The van der Waals surface area contributed by atoms with Crippen LogP contribution in [0, 0.1) is 6.92 Å². The standard InChI is InChI=1S/C16H22N2S/c1-12-7-4-5-8-14(12)11-18(3)16(13(2)17)15-9-6-10-19-15/h4-10,13,16H,11,17H2,1-3H3. The van der Waals surface area contributed by atoms with Crippen LogP contribution in [0.2, 0.25) is 0 Å². The SMILES string of the molecule is Cc1ccccc1CN(C)C(c1cccs1)C(C)N. The fraction of sp³-hybridized carbons (Fsp3) is 0.375. The minimum atomic E-state index is 0.118. The molecule has 1 aromatic carbocycles. The molecule has 1 heterocycles. The lowest BCUT2D eigenvalue weighted by Crippen LogP contribution is -2.36. The van der Waals surface area contributed by atoms with Gasteiger partial charge in [-0.2, -0.15) is 0 Å². The first-order valence-corrected chi connectivity index (χ1v) is 7.51. The van der Waals surface area contributed by atoms with Crippen LogP contribution in [0.3, 0.4) is 0 Å². The van der Waals surface area contributed by atoms with Crippen LogP contribution < -0.4 is 5.73 Å². The van der Waals surface area contributed by atoms with E-state index in [9.17, 15) is 0 Å². The number of thiophene rings is 1. The molecule has 2 rings (SSSR count). The molecule has 0 bridgehead atoms. The van der Waals surface area contributed by atoms with Crippen LogP contribution in [-0.2, 0) is 6.54 Å². The van der Waals surface area contributed by atoms with Crippen LogP contribution in [0.15, 0.2) is 41.8 Å². The number of hydrogen-bond acceptors (Lipinski definition) is 3. The third-order valence-electron chi connectivity index (χ3n) is 3.49. The van der Waals surface area contributed by atoms with E-state index in [0.29, 0.717) is 0 Å². The smallest absolute Gasteiger partial charge is 0.0591 e. The third-order valence-corrected chi connectivity index (χ3v) is 4.43. The second-order valence-electron chi connectivity index (χ2n) is 5.16. The molecular formula is C16H22N2S. The molecular weight excluding hydrogens is 252 g/mol. The van der Waals surface area contributed by atoms with Gasteiger partial charge >= 0.3 is 0 Å². The minimum Gasteiger partial charge on any atom is -0.326 e. The molecule has 0 saturated heterocycles. The largest absolute Gasteiger partial charge is 0.326 e. The summed E-state index contributed by atoms with van der Waals surface area (Å²) >= 11 is 1.78. The number of hydrogen-bond donors (Lipinski definition) is 1. The van der Waals surface area contributed by atoms with Gasteiger partial charge in [-0.25, -0.2) is 0 Å². The summed E-state index contributed by atoms with van der Waals surface area (Å²) in [5.74, 6) is 0. The van der Waals surface area contributed by atoms with E-state index >= 15 is 0 Å². The Balaban J connectivity index is 2.17. The fourth-order valence-corrected chi connectivity index (χ4v) is 3.50. The minimum absolute atomic E-state index is 0.118. The summed E-state index contributed by atoms with van der Waals surface area (Å²) in [6.45, 7) is 5.17. The summed E-state index contributed by atoms with van der Waals surface area (Å²) in [7, 11) is 2.15. The molecule has 102 valence electrons. The highest BCUT2D eigenvalue weighted by atomic mass is 32.1. The molecule has 2 nitrogen and oxygen atoms in total. The first-order valence-electron chi connectivity index (χ1n) is 6.63. The van der Waals surface area contributed by atoms with Crippen molar-refractivity contribution in [3.63, 3.8) is 0 Å². The summed E-state index contributed by atoms with van der Waals surface area (Å²) in [5, 5.41) is 2.12. The average Bonchev–Trinajstić information content (AvgIpc) is 2.85. The number of nitrogens with zero attached hydrogens (tertiary/aromatic N) is 1. The maximum Gasteiger partial charge on any atom is 0.0591 e.